The molecule has 4 atom stereocenters. The number of hydrogen-bond donors (Lipinski definition) is 0. The number of hydrogen-bond acceptors (Lipinski definition) is 2. The van der Waals surface area contributed by atoms with Crippen molar-refractivity contribution in [2.24, 2.45) is 0 Å². The zero-order valence-corrected chi connectivity index (χ0v) is 10.4. The van der Waals surface area contributed by atoms with Crippen LogP contribution in [0.15, 0.2) is 0 Å². The van der Waals surface area contributed by atoms with Crippen molar-refractivity contribution >= 4 is 24.7 Å². The van der Waals surface area contributed by atoms with E-state index in [4.69, 9.17) is 17.0 Å². The van der Waals surface area contributed by atoms with E-state index in [1.807, 2.05) is 0 Å². The third-order valence-electron chi connectivity index (χ3n) is 4.92. The van der Waals surface area contributed by atoms with Gasteiger partial charge in [-0.2, -0.15) is 0 Å². The Kier molecular flexibility index (Phi) is 1.79. The summed E-state index contributed by atoms with van der Waals surface area (Å²) in [7, 11) is 4.54. The van der Waals surface area contributed by atoms with Crippen molar-refractivity contribution in [1.29, 1.82) is 0 Å². The van der Waals surface area contributed by atoms with Crippen LogP contribution in [0.1, 0.15) is 33.1 Å². The summed E-state index contributed by atoms with van der Waals surface area (Å²) in [6.07, 6.45) is 4.11. The lowest BCUT2D eigenvalue weighted by molar-refractivity contribution is 0.153. The Morgan fingerprint density at radius 3 is 3.00 bits per heavy atom. The number of nitrogens with zero attached hydrogens (tertiary/aromatic N) is 1. The van der Waals surface area contributed by atoms with E-state index in [-0.39, 0.29) is 5.31 Å². The second-order valence-electron chi connectivity index (χ2n) is 5.72. The van der Waals surface area contributed by atoms with Crippen LogP contribution >= 0.6 is 12.2 Å². The Morgan fingerprint density at radius 1 is 1.53 bits per heavy atom. The van der Waals surface area contributed by atoms with Crippen molar-refractivity contribution in [1.82, 2.24) is 4.90 Å². The molecule has 0 amide bonds. The standard InChI is InChI=1S/C11H17BNOS/c1-10-6-4-5-7-8(11(10,2)12-10)14-9(15)13(7)3/h7-8H,4-6H2,1-3H3. The first kappa shape index (κ1) is 9.94. The summed E-state index contributed by atoms with van der Waals surface area (Å²) >= 11 is 5.25. The van der Waals surface area contributed by atoms with E-state index in [0.717, 1.165) is 0 Å². The van der Waals surface area contributed by atoms with Gasteiger partial charge in [0.1, 0.15) is 13.4 Å². The van der Waals surface area contributed by atoms with Gasteiger partial charge in [0.2, 0.25) is 0 Å². The van der Waals surface area contributed by atoms with Gasteiger partial charge in [-0.05, 0) is 24.0 Å². The van der Waals surface area contributed by atoms with Crippen molar-refractivity contribution in [2.45, 2.75) is 55.9 Å². The molecule has 3 aliphatic rings. The quantitative estimate of drug-likeness (QED) is 0.460. The number of rotatable bonds is 0. The molecule has 1 aliphatic carbocycles. The van der Waals surface area contributed by atoms with Crippen LogP contribution < -0.4 is 0 Å². The van der Waals surface area contributed by atoms with Crippen LogP contribution in [0.3, 0.4) is 0 Å². The van der Waals surface area contributed by atoms with Crippen molar-refractivity contribution in [3.8, 4) is 0 Å². The molecule has 81 valence electrons. The van der Waals surface area contributed by atoms with Gasteiger partial charge in [0.15, 0.2) is 0 Å². The SMILES string of the molecule is CN1C(=S)OC2C1CCCC1(C)[B]C21C. The maximum Gasteiger partial charge on any atom is 0.259 e. The second-order valence-corrected chi connectivity index (χ2v) is 6.07. The topological polar surface area (TPSA) is 12.5 Å². The van der Waals surface area contributed by atoms with Gasteiger partial charge in [0, 0.05) is 7.05 Å². The van der Waals surface area contributed by atoms with E-state index in [1.54, 1.807) is 0 Å². The van der Waals surface area contributed by atoms with E-state index >= 15 is 0 Å². The first-order chi connectivity index (χ1) is 6.98. The second kappa shape index (κ2) is 2.71. The molecular weight excluding hydrogens is 205 g/mol. The minimum absolute atomic E-state index is 0.253. The maximum absolute atomic E-state index is 5.91. The lowest BCUT2D eigenvalue weighted by atomic mass is 9.79. The summed E-state index contributed by atoms with van der Waals surface area (Å²) < 4.78 is 5.91. The maximum atomic E-state index is 5.91. The van der Waals surface area contributed by atoms with Crippen LogP contribution in [0.4, 0.5) is 0 Å². The highest BCUT2D eigenvalue weighted by molar-refractivity contribution is 7.80. The molecule has 4 unspecified atom stereocenters. The Hall–Kier alpha value is -0.245. The van der Waals surface area contributed by atoms with Crippen LogP contribution in [0.25, 0.3) is 0 Å². The Labute approximate surface area is 97.6 Å². The molecule has 0 aromatic rings. The Balaban J connectivity index is 1.95. The summed E-state index contributed by atoms with van der Waals surface area (Å²) in [5, 5.41) is 1.34. The summed E-state index contributed by atoms with van der Waals surface area (Å²) in [5.41, 5.74) is 0. The molecule has 2 saturated heterocycles. The van der Waals surface area contributed by atoms with Gasteiger partial charge in [0.05, 0.1) is 6.04 Å². The molecule has 4 heteroatoms. The van der Waals surface area contributed by atoms with Gasteiger partial charge in [-0.25, -0.2) is 0 Å². The predicted molar refractivity (Wildman–Crippen MR) is 65.4 cm³/mol. The van der Waals surface area contributed by atoms with Crippen LogP contribution in [-0.2, 0) is 4.74 Å². The number of fused-ring (bicyclic) bond motifs is 3. The van der Waals surface area contributed by atoms with Crippen LogP contribution in [-0.4, -0.2) is 36.5 Å². The number of likely N-dealkylation sites (N-methyl/N-ethyl adjacent to an activating group) is 1. The van der Waals surface area contributed by atoms with Crippen molar-refractivity contribution in [3.63, 3.8) is 0 Å². The van der Waals surface area contributed by atoms with Gasteiger partial charge >= 0.3 is 0 Å². The van der Waals surface area contributed by atoms with Crippen LogP contribution in [0.2, 0.25) is 10.6 Å². The predicted octanol–water partition coefficient (Wildman–Crippen LogP) is 2.23. The fourth-order valence-electron chi connectivity index (χ4n) is 3.53. The van der Waals surface area contributed by atoms with E-state index in [0.29, 0.717) is 22.6 Å². The summed E-state index contributed by atoms with van der Waals surface area (Å²) in [4.78, 5) is 2.16. The highest BCUT2D eigenvalue weighted by atomic mass is 32.1. The highest BCUT2D eigenvalue weighted by Gasteiger charge is 2.69. The van der Waals surface area contributed by atoms with Crippen molar-refractivity contribution in [2.75, 3.05) is 7.05 Å². The summed E-state index contributed by atoms with van der Waals surface area (Å²) in [6, 6.07) is 0.503. The van der Waals surface area contributed by atoms with Gasteiger partial charge in [0.25, 0.3) is 5.17 Å². The van der Waals surface area contributed by atoms with E-state index in [1.165, 1.54) is 19.3 Å². The Morgan fingerprint density at radius 2 is 2.27 bits per heavy atom. The molecule has 0 aromatic carbocycles. The molecule has 0 bridgehead atoms. The molecule has 1 saturated carbocycles. The normalized spacial score (nSPS) is 52.5. The fraction of sp³-hybridized carbons (Fsp3) is 0.909. The molecule has 3 rings (SSSR count). The zero-order chi connectivity index (χ0) is 10.8. The minimum atomic E-state index is 0.253. The molecule has 0 spiro atoms. The van der Waals surface area contributed by atoms with E-state index in [9.17, 15) is 0 Å². The van der Waals surface area contributed by atoms with E-state index in [2.05, 4.69) is 33.1 Å². The molecule has 1 radical (unpaired) electrons. The number of thiocarbonyl (C=S) groups is 1. The lowest BCUT2D eigenvalue weighted by Crippen LogP contribution is -2.35. The van der Waals surface area contributed by atoms with E-state index < -0.39 is 0 Å². The molecule has 0 aromatic heterocycles. The molecule has 2 nitrogen and oxygen atoms in total. The molecule has 15 heavy (non-hydrogen) atoms. The first-order valence-corrected chi connectivity index (χ1v) is 6.19. The van der Waals surface area contributed by atoms with Gasteiger partial charge < -0.3 is 9.64 Å². The molecular formula is C11H17BNOS. The van der Waals surface area contributed by atoms with Gasteiger partial charge in [-0.1, -0.05) is 32.0 Å². The van der Waals surface area contributed by atoms with Crippen molar-refractivity contribution < 1.29 is 4.74 Å². The third-order valence-corrected chi connectivity index (χ3v) is 5.30. The monoisotopic (exact) mass is 222 g/mol. The fourth-order valence-corrected chi connectivity index (χ4v) is 3.77. The molecule has 2 heterocycles. The number of ether oxygens (including phenoxy) is 1. The van der Waals surface area contributed by atoms with Gasteiger partial charge in [-0.15, -0.1) is 0 Å². The van der Waals surface area contributed by atoms with Crippen LogP contribution in [0.5, 0.6) is 0 Å². The average Bonchev–Trinajstić information content (AvgIpc) is 2.62. The Bertz CT molecular complexity index is 337. The van der Waals surface area contributed by atoms with Crippen molar-refractivity contribution in [3.05, 3.63) is 0 Å². The molecule has 2 aliphatic heterocycles. The first-order valence-electron chi connectivity index (χ1n) is 5.78. The zero-order valence-electron chi connectivity index (χ0n) is 9.62. The van der Waals surface area contributed by atoms with Crippen LogP contribution in [0, 0.1) is 0 Å². The lowest BCUT2D eigenvalue weighted by Gasteiger charge is -2.27. The molecule has 3 fully saturated rings. The largest absolute Gasteiger partial charge is 0.466 e. The third kappa shape index (κ3) is 1.09. The minimum Gasteiger partial charge on any atom is -0.466 e. The smallest absolute Gasteiger partial charge is 0.259 e. The van der Waals surface area contributed by atoms with Gasteiger partial charge in [-0.3, -0.25) is 0 Å². The summed E-state index contributed by atoms with van der Waals surface area (Å²) in [5.74, 6) is 0. The molecule has 0 N–H and O–H groups in total. The average molecular weight is 222 g/mol. The highest BCUT2D eigenvalue weighted by Crippen LogP contribution is 2.75. The summed E-state index contributed by atoms with van der Waals surface area (Å²) in [6.45, 7) is 4.69.